The van der Waals surface area contributed by atoms with Crippen molar-refractivity contribution >= 4 is 25.6 Å². The highest BCUT2D eigenvalue weighted by molar-refractivity contribution is 8.13. The summed E-state index contributed by atoms with van der Waals surface area (Å²) < 4.78 is 27.5. The van der Waals surface area contributed by atoms with Crippen LogP contribution in [0.4, 0.5) is 0 Å². The van der Waals surface area contributed by atoms with Crippen molar-refractivity contribution in [3.63, 3.8) is 0 Å². The Bertz CT molecular complexity index is 567. The van der Waals surface area contributed by atoms with Crippen LogP contribution in [0.2, 0.25) is 0 Å². The Morgan fingerprint density at radius 3 is 2.69 bits per heavy atom. The summed E-state index contributed by atoms with van der Waals surface area (Å²) in [6, 6.07) is 2.74. The van der Waals surface area contributed by atoms with Crippen molar-refractivity contribution in [2.45, 2.75) is 11.4 Å². The second-order valence-electron chi connectivity index (χ2n) is 3.28. The Morgan fingerprint density at radius 1 is 1.44 bits per heavy atom. The number of hydrogen-bond donors (Lipinski definition) is 1. The van der Waals surface area contributed by atoms with Crippen LogP contribution in [-0.2, 0) is 15.6 Å². The van der Waals surface area contributed by atoms with Crippen molar-refractivity contribution in [1.29, 1.82) is 0 Å². The van der Waals surface area contributed by atoms with Crippen LogP contribution >= 0.6 is 10.7 Å². The van der Waals surface area contributed by atoms with Gasteiger partial charge >= 0.3 is 0 Å². The lowest BCUT2D eigenvalue weighted by atomic mass is 10.1. The number of fused-ring (bicyclic) bond motifs is 1. The maximum absolute atomic E-state index is 11.4. The van der Waals surface area contributed by atoms with Crippen molar-refractivity contribution in [2.24, 2.45) is 0 Å². The highest BCUT2D eigenvalue weighted by Gasteiger charge is 2.25. The molecule has 1 aliphatic rings. The smallest absolute Gasteiger partial charge is 0.265 e. The molecule has 1 heterocycles. The molecule has 1 aromatic rings. The van der Waals surface area contributed by atoms with E-state index in [9.17, 15) is 13.2 Å². The van der Waals surface area contributed by atoms with Gasteiger partial charge in [-0.25, -0.2) is 8.42 Å². The van der Waals surface area contributed by atoms with Gasteiger partial charge < -0.3 is 10.1 Å². The molecular weight excluding hydrogens is 254 g/mol. The van der Waals surface area contributed by atoms with Gasteiger partial charge in [0.15, 0.2) is 0 Å². The largest absolute Gasteiger partial charge is 0.495 e. The number of rotatable bonds is 2. The number of nitrogens with one attached hydrogen (secondary N) is 1. The second-order valence-corrected chi connectivity index (χ2v) is 5.82. The van der Waals surface area contributed by atoms with Crippen LogP contribution < -0.4 is 10.1 Å². The molecule has 86 valence electrons. The zero-order valence-electron chi connectivity index (χ0n) is 8.28. The van der Waals surface area contributed by atoms with E-state index in [-0.39, 0.29) is 16.6 Å². The van der Waals surface area contributed by atoms with Crippen molar-refractivity contribution in [3.8, 4) is 5.75 Å². The van der Waals surface area contributed by atoms with Crippen LogP contribution in [-0.4, -0.2) is 21.4 Å². The van der Waals surface area contributed by atoms with Gasteiger partial charge in [0.2, 0.25) is 0 Å². The average molecular weight is 262 g/mol. The van der Waals surface area contributed by atoms with Gasteiger partial charge in [-0.05, 0) is 17.7 Å². The average Bonchev–Trinajstić information content (AvgIpc) is 2.57. The third-order valence-corrected chi connectivity index (χ3v) is 3.68. The number of benzene rings is 1. The minimum atomic E-state index is -3.92. The van der Waals surface area contributed by atoms with Gasteiger partial charge in [0, 0.05) is 22.8 Å². The SMILES string of the molecule is COc1cc2c(cc1S(=O)(=O)Cl)C(=O)NC2. The highest BCUT2D eigenvalue weighted by Crippen LogP contribution is 2.31. The first-order valence-corrected chi connectivity index (χ1v) is 6.68. The molecule has 0 saturated heterocycles. The Labute approximate surface area is 96.8 Å². The molecule has 7 heteroatoms. The molecule has 5 nitrogen and oxygen atoms in total. The summed E-state index contributed by atoms with van der Waals surface area (Å²) in [5.41, 5.74) is 1.02. The predicted octanol–water partition coefficient (Wildman–Crippen LogP) is 0.866. The monoisotopic (exact) mass is 261 g/mol. The third kappa shape index (κ3) is 1.74. The summed E-state index contributed by atoms with van der Waals surface area (Å²) in [5.74, 6) is -0.163. The molecule has 2 rings (SSSR count). The number of methoxy groups -OCH3 is 1. The Kier molecular flexibility index (Phi) is 2.55. The van der Waals surface area contributed by atoms with E-state index >= 15 is 0 Å². The van der Waals surface area contributed by atoms with Gasteiger partial charge in [-0.2, -0.15) is 0 Å². The van der Waals surface area contributed by atoms with Crippen LogP contribution in [0.3, 0.4) is 0 Å². The fourth-order valence-electron chi connectivity index (χ4n) is 1.58. The van der Waals surface area contributed by atoms with Crippen molar-refractivity contribution in [2.75, 3.05) is 7.11 Å². The Morgan fingerprint density at radius 2 is 2.12 bits per heavy atom. The van der Waals surface area contributed by atoms with Crippen molar-refractivity contribution in [3.05, 3.63) is 23.3 Å². The number of carbonyl (C=O) groups is 1. The maximum Gasteiger partial charge on any atom is 0.265 e. The second kappa shape index (κ2) is 3.64. The molecule has 0 saturated carbocycles. The van der Waals surface area contributed by atoms with Crippen LogP contribution in [0.25, 0.3) is 0 Å². The number of halogens is 1. The summed E-state index contributed by atoms with van der Waals surface area (Å²) in [6.45, 7) is 0.368. The topological polar surface area (TPSA) is 72.5 Å². The molecular formula is C9H8ClNO4S. The zero-order valence-corrected chi connectivity index (χ0v) is 9.85. The number of amides is 1. The third-order valence-electron chi connectivity index (χ3n) is 2.34. The number of hydrogen-bond acceptors (Lipinski definition) is 4. The fourth-order valence-corrected chi connectivity index (χ4v) is 2.58. The molecule has 0 spiro atoms. The normalized spacial score (nSPS) is 14.5. The van der Waals surface area contributed by atoms with Crippen molar-refractivity contribution < 1.29 is 17.9 Å². The Balaban J connectivity index is 2.71. The van der Waals surface area contributed by atoms with Gasteiger partial charge in [0.1, 0.15) is 10.6 Å². The van der Waals surface area contributed by atoms with E-state index in [2.05, 4.69) is 5.32 Å². The summed E-state index contributed by atoms with van der Waals surface area (Å²) in [5, 5.41) is 2.58. The minimum absolute atomic E-state index is 0.144. The Hall–Kier alpha value is -1.27. The van der Waals surface area contributed by atoms with Gasteiger partial charge in [-0.3, -0.25) is 4.79 Å². The van der Waals surface area contributed by atoms with Crippen LogP contribution in [0, 0.1) is 0 Å². The van der Waals surface area contributed by atoms with Gasteiger partial charge in [-0.15, -0.1) is 0 Å². The first-order valence-electron chi connectivity index (χ1n) is 4.37. The zero-order chi connectivity index (χ0) is 11.9. The predicted molar refractivity (Wildman–Crippen MR) is 57.2 cm³/mol. The molecule has 1 aromatic carbocycles. The van der Waals surface area contributed by atoms with Gasteiger partial charge in [0.05, 0.1) is 7.11 Å². The molecule has 0 aromatic heterocycles. The van der Waals surface area contributed by atoms with Gasteiger partial charge in [0.25, 0.3) is 15.0 Å². The van der Waals surface area contributed by atoms with Crippen molar-refractivity contribution in [1.82, 2.24) is 5.32 Å². The molecule has 1 aliphatic heterocycles. The molecule has 0 bridgehead atoms. The summed E-state index contributed by atoms with van der Waals surface area (Å²) in [7, 11) is 2.67. The van der Waals surface area contributed by atoms with E-state index in [0.29, 0.717) is 17.7 Å². The van der Waals surface area contributed by atoms with Crippen LogP contribution in [0.5, 0.6) is 5.75 Å². The molecule has 0 unspecified atom stereocenters. The van der Waals surface area contributed by atoms with Crippen LogP contribution in [0.1, 0.15) is 15.9 Å². The molecule has 0 fully saturated rings. The van der Waals surface area contributed by atoms with Gasteiger partial charge in [-0.1, -0.05) is 0 Å². The lowest BCUT2D eigenvalue weighted by Gasteiger charge is -2.07. The minimum Gasteiger partial charge on any atom is -0.495 e. The molecule has 0 radical (unpaired) electrons. The number of carbonyl (C=O) groups excluding carboxylic acids is 1. The molecule has 0 atom stereocenters. The lowest BCUT2D eigenvalue weighted by Crippen LogP contribution is -2.12. The fraction of sp³-hybridized carbons (Fsp3) is 0.222. The molecule has 1 N–H and O–H groups in total. The summed E-state index contributed by atoms with van der Waals surface area (Å²) in [6.07, 6.45) is 0. The van der Waals surface area contributed by atoms with E-state index in [1.54, 1.807) is 0 Å². The first-order chi connectivity index (χ1) is 7.43. The lowest BCUT2D eigenvalue weighted by molar-refractivity contribution is 0.0965. The maximum atomic E-state index is 11.4. The molecule has 1 amide bonds. The van der Waals surface area contributed by atoms with Crippen LogP contribution in [0.15, 0.2) is 17.0 Å². The summed E-state index contributed by atoms with van der Waals surface area (Å²) >= 11 is 0. The van der Waals surface area contributed by atoms with E-state index in [1.807, 2.05) is 0 Å². The summed E-state index contributed by atoms with van der Waals surface area (Å²) in [4.78, 5) is 11.2. The molecule has 0 aliphatic carbocycles. The van der Waals surface area contributed by atoms with E-state index in [1.165, 1.54) is 19.2 Å². The number of ether oxygens (including phenoxy) is 1. The van der Waals surface area contributed by atoms with E-state index in [4.69, 9.17) is 15.4 Å². The quantitative estimate of drug-likeness (QED) is 0.802. The van der Waals surface area contributed by atoms with E-state index < -0.39 is 9.05 Å². The molecule has 16 heavy (non-hydrogen) atoms. The highest BCUT2D eigenvalue weighted by atomic mass is 35.7. The van der Waals surface area contributed by atoms with E-state index in [0.717, 1.165) is 0 Å². The standard InChI is InChI=1S/C9H8ClNO4S/c1-15-7-2-5-4-11-9(12)6(5)3-8(7)16(10,13)14/h2-3H,4H2,1H3,(H,11,12). The first kappa shape index (κ1) is 11.2.